The van der Waals surface area contributed by atoms with E-state index in [1.54, 1.807) is 25.2 Å². The minimum absolute atomic E-state index is 0.711. The van der Waals surface area contributed by atoms with Gasteiger partial charge in [0, 0.05) is 15.6 Å². The van der Waals surface area contributed by atoms with Crippen molar-refractivity contribution >= 4 is 34.4 Å². The van der Waals surface area contributed by atoms with Crippen LogP contribution in [0.4, 0.5) is 0 Å². The van der Waals surface area contributed by atoms with Gasteiger partial charge in [-0.15, -0.1) is 0 Å². The summed E-state index contributed by atoms with van der Waals surface area (Å²) in [6, 6.07) is 17.7. The van der Waals surface area contributed by atoms with Crippen LogP contribution in [0.25, 0.3) is 22.3 Å². The molecule has 124 valence electrons. The number of nitrogens with one attached hydrogen (secondary N) is 1. The number of hydrogen-bond donors (Lipinski definition) is 1. The molecule has 0 aliphatic heterocycles. The van der Waals surface area contributed by atoms with Crippen molar-refractivity contribution in [3.63, 3.8) is 0 Å². The first kappa shape index (κ1) is 16.0. The van der Waals surface area contributed by atoms with Crippen molar-refractivity contribution in [2.24, 2.45) is 0 Å². The number of hydrogen-bond acceptors (Lipinski definition) is 4. The third-order valence-corrected chi connectivity index (χ3v) is 5.04. The summed E-state index contributed by atoms with van der Waals surface area (Å²) in [5.74, 6) is 0.830. The predicted octanol–water partition coefficient (Wildman–Crippen LogP) is 5.44. The average molecular weight is 368 g/mol. The van der Waals surface area contributed by atoms with Crippen LogP contribution in [-0.2, 0) is 0 Å². The Hall–Kier alpha value is -2.50. The third-order valence-electron chi connectivity index (χ3n) is 3.80. The molecule has 1 N–H and O–H groups in total. The zero-order valence-electron chi connectivity index (χ0n) is 13.4. The van der Waals surface area contributed by atoms with Gasteiger partial charge in [-0.3, -0.25) is 0 Å². The lowest BCUT2D eigenvalue weighted by Crippen LogP contribution is -1.84. The van der Waals surface area contributed by atoms with Gasteiger partial charge in [-0.1, -0.05) is 29.4 Å². The number of aromatic nitrogens is 3. The van der Waals surface area contributed by atoms with Crippen LogP contribution in [0.1, 0.15) is 0 Å². The van der Waals surface area contributed by atoms with Crippen molar-refractivity contribution in [3.05, 3.63) is 65.9 Å². The number of methoxy groups -OCH3 is 1. The monoisotopic (exact) mass is 367 g/mol. The molecule has 0 unspecified atom stereocenters. The molecule has 0 amide bonds. The van der Waals surface area contributed by atoms with E-state index in [1.807, 2.05) is 48.5 Å². The molecule has 2 heterocycles. The first-order chi connectivity index (χ1) is 12.2. The molecule has 4 nitrogen and oxygen atoms in total. The lowest BCUT2D eigenvalue weighted by Gasteiger charge is -2.02. The van der Waals surface area contributed by atoms with Crippen LogP contribution in [0.15, 0.2) is 70.8 Å². The van der Waals surface area contributed by atoms with E-state index in [1.165, 1.54) is 0 Å². The molecule has 0 aliphatic rings. The number of nitrogens with zero attached hydrogens (tertiary/aromatic N) is 2. The molecule has 0 saturated carbocycles. The van der Waals surface area contributed by atoms with Crippen molar-refractivity contribution < 1.29 is 4.74 Å². The van der Waals surface area contributed by atoms with E-state index >= 15 is 0 Å². The summed E-state index contributed by atoms with van der Waals surface area (Å²) in [4.78, 5) is 13.2. The normalized spacial score (nSPS) is 11.0. The Morgan fingerprint density at radius 1 is 1.04 bits per heavy atom. The van der Waals surface area contributed by atoms with Gasteiger partial charge in [0.05, 0.1) is 12.5 Å². The Morgan fingerprint density at radius 2 is 1.88 bits per heavy atom. The molecule has 0 spiro atoms. The highest BCUT2D eigenvalue weighted by Gasteiger charge is 2.11. The summed E-state index contributed by atoms with van der Waals surface area (Å²) in [6.07, 6.45) is 1.57. The Kier molecular flexibility index (Phi) is 4.34. The van der Waals surface area contributed by atoms with E-state index < -0.39 is 0 Å². The van der Waals surface area contributed by atoms with Crippen LogP contribution in [0.3, 0.4) is 0 Å². The minimum atomic E-state index is 0.711. The molecule has 0 saturated heterocycles. The Morgan fingerprint density at radius 3 is 2.64 bits per heavy atom. The summed E-state index contributed by atoms with van der Waals surface area (Å²) in [5, 5.41) is 2.59. The molecule has 6 heteroatoms. The number of ether oxygens (including phenoxy) is 1. The molecule has 0 fully saturated rings. The van der Waals surface area contributed by atoms with Gasteiger partial charge >= 0.3 is 0 Å². The quantitative estimate of drug-likeness (QED) is 0.488. The van der Waals surface area contributed by atoms with Crippen molar-refractivity contribution in [1.82, 2.24) is 15.0 Å². The molecule has 0 aliphatic carbocycles. The molecular weight excluding hydrogens is 354 g/mol. The Bertz CT molecular complexity index is 1030. The number of fused-ring (bicyclic) bond motifs is 1. The number of aromatic amines is 1. The van der Waals surface area contributed by atoms with Gasteiger partial charge in [0.25, 0.3) is 0 Å². The van der Waals surface area contributed by atoms with Gasteiger partial charge in [0.1, 0.15) is 22.7 Å². The third kappa shape index (κ3) is 3.34. The number of benzene rings is 2. The van der Waals surface area contributed by atoms with E-state index in [0.717, 1.165) is 38.0 Å². The fraction of sp³-hybridized carbons (Fsp3) is 0.0526. The second-order valence-corrected chi connectivity index (χ2v) is 6.91. The van der Waals surface area contributed by atoms with E-state index in [-0.39, 0.29) is 0 Å². The minimum Gasteiger partial charge on any atom is -0.497 e. The van der Waals surface area contributed by atoms with E-state index in [0.29, 0.717) is 5.02 Å². The number of H-pyrrole nitrogens is 1. The van der Waals surface area contributed by atoms with Gasteiger partial charge in [0.2, 0.25) is 0 Å². The summed E-state index contributed by atoms with van der Waals surface area (Å²) in [7, 11) is 1.66. The molecule has 2 aromatic carbocycles. The smallest absolute Gasteiger partial charge is 0.142 e. The van der Waals surface area contributed by atoms with Crippen molar-refractivity contribution in [3.8, 4) is 17.0 Å². The summed E-state index contributed by atoms with van der Waals surface area (Å²) in [5.41, 5.74) is 2.87. The fourth-order valence-corrected chi connectivity index (χ4v) is 3.74. The standard InChI is InChI=1S/C19H14ClN3OS/c1-24-14-7-5-12(6-8-14)17-10-16-18(23-17)21-11-22-19(16)25-15-4-2-3-13(20)9-15/h2-11H,1H3,(H,21,22,23). The van der Waals surface area contributed by atoms with Crippen LogP contribution in [0.5, 0.6) is 5.75 Å². The first-order valence-corrected chi connectivity index (χ1v) is 8.84. The lowest BCUT2D eigenvalue weighted by atomic mass is 10.1. The largest absolute Gasteiger partial charge is 0.497 e. The zero-order chi connectivity index (χ0) is 17.2. The van der Waals surface area contributed by atoms with Gasteiger partial charge < -0.3 is 9.72 Å². The zero-order valence-corrected chi connectivity index (χ0v) is 14.9. The second kappa shape index (κ2) is 6.78. The maximum absolute atomic E-state index is 6.08. The molecule has 0 radical (unpaired) electrons. The molecule has 4 rings (SSSR count). The molecule has 25 heavy (non-hydrogen) atoms. The van der Waals surface area contributed by atoms with Gasteiger partial charge in [-0.05, 0) is 54.1 Å². The van der Waals surface area contributed by atoms with Crippen LogP contribution >= 0.6 is 23.4 Å². The maximum Gasteiger partial charge on any atom is 0.142 e. The highest BCUT2D eigenvalue weighted by Crippen LogP contribution is 2.34. The molecule has 4 aromatic rings. The summed E-state index contributed by atoms with van der Waals surface area (Å²) < 4.78 is 5.21. The lowest BCUT2D eigenvalue weighted by molar-refractivity contribution is 0.415. The molecule has 0 bridgehead atoms. The van der Waals surface area contributed by atoms with Gasteiger partial charge in [-0.25, -0.2) is 9.97 Å². The number of rotatable bonds is 4. The van der Waals surface area contributed by atoms with E-state index in [2.05, 4.69) is 21.0 Å². The van der Waals surface area contributed by atoms with Crippen LogP contribution in [0.2, 0.25) is 5.02 Å². The fourth-order valence-electron chi connectivity index (χ4n) is 2.57. The summed E-state index contributed by atoms with van der Waals surface area (Å²) >= 11 is 7.65. The van der Waals surface area contributed by atoms with Crippen molar-refractivity contribution in [1.29, 1.82) is 0 Å². The van der Waals surface area contributed by atoms with Crippen molar-refractivity contribution in [2.75, 3.05) is 7.11 Å². The molecule has 2 aromatic heterocycles. The maximum atomic E-state index is 6.08. The highest BCUT2D eigenvalue weighted by atomic mass is 35.5. The Balaban J connectivity index is 1.73. The van der Waals surface area contributed by atoms with Gasteiger partial charge in [0.15, 0.2) is 0 Å². The van der Waals surface area contributed by atoms with Crippen LogP contribution in [0, 0.1) is 0 Å². The van der Waals surface area contributed by atoms with Crippen molar-refractivity contribution in [2.45, 2.75) is 9.92 Å². The molecular formula is C19H14ClN3OS. The average Bonchev–Trinajstić information content (AvgIpc) is 3.07. The van der Waals surface area contributed by atoms with E-state index in [4.69, 9.17) is 16.3 Å². The van der Waals surface area contributed by atoms with Gasteiger partial charge in [-0.2, -0.15) is 0 Å². The first-order valence-electron chi connectivity index (χ1n) is 7.64. The van der Waals surface area contributed by atoms with Crippen LogP contribution in [-0.4, -0.2) is 22.1 Å². The Labute approximate surface area is 154 Å². The summed E-state index contributed by atoms with van der Waals surface area (Å²) in [6.45, 7) is 0. The van der Waals surface area contributed by atoms with Crippen LogP contribution < -0.4 is 4.74 Å². The number of halogens is 1. The SMILES string of the molecule is COc1ccc(-c2cc3c(Sc4cccc(Cl)c4)ncnc3[nH]2)cc1. The van der Waals surface area contributed by atoms with E-state index in [9.17, 15) is 0 Å². The predicted molar refractivity (Wildman–Crippen MR) is 101 cm³/mol. The topological polar surface area (TPSA) is 50.8 Å². The molecule has 0 atom stereocenters. The second-order valence-electron chi connectivity index (χ2n) is 5.41. The highest BCUT2D eigenvalue weighted by molar-refractivity contribution is 7.99.